The Morgan fingerprint density at radius 3 is 2.52 bits per heavy atom. The van der Waals surface area contributed by atoms with Gasteiger partial charge in [-0.3, -0.25) is 0 Å². The van der Waals surface area contributed by atoms with Crippen LogP contribution in [0.4, 0.5) is 10.6 Å². The lowest BCUT2D eigenvalue weighted by atomic mass is 9.93. The van der Waals surface area contributed by atoms with E-state index in [1.54, 1.807) is 17.2 Å². The molecule has 0 atom stereocenters. The fourth-order valence-corrected chi connectivity index (χ4v) is 2.91. The fraction of sp³-hybridized carbons (Fsp3) is 0.588. The van der Waals surface area contributed by atoms with E-state index in [2.05, 4.69) is 36.7 Å². The van der Waals surface area contributed by atoms with Gasteiger partial charge in [-0.25, -0.2) is 9.78 Å². The standard InChI is InChI=1S/C17H24N4O2/c1-17(2,3)12-21(16(22)23)14-6-8-20(9-7-14)15-5-4-13(10-18)11-19-15/h4-5,11,14H,6-9,12H2,1-3H3,(H,22,23). The maximum atomic E-state index is 11.6. The molecular weight excluding hydrogens is 292 g/mol. The average Bonchev–Trinajstić information content (AvgIpc) is 2.52. The number of pyridine rings is 1. The Kier molecular flexibility index (Phi) is 5.09. The van der Waals surface area contributed by atoms with E-state index in [-0.39, 0.29) is 11.5 Å². The highest BCUT2D eigenvalue weighted by molar-refractivity contribution is 5.65. The van der Waals surface area contributed by atoms with Gasteiger partial charge in [-0.05, 0) is 30.4 Å². The third-order valence-corrected chi connectivity index (χ3v) is 4.00. The molecule has 1 aromatic rings. The second-order valence-electron chi connectivity index (χ2n) is 7.21. The van der Waals surface area contributed by atoms with E-state index in [9.17, 15) is 9.90 Å². The van der Waals surface area contributed by atoms with Crippen LogP contribution >= 0.6 is 0 Å². The fourth-order valence-electron chi connectivity index (χ4n) is 2.91. The molecule has 1 N–H and O–H groups in total. The van der Waals surface area contributed by atoms with E-state index >= 15 is 0 Å². The minimum absolute atomic E-state index is 0.0514. The zero-order valence-electron chi connectivity index (χ0n) is 14.0. The minimum atomic E-state index is -0.838. The number of piperidine rings is 1. The summed E-state index contributed by atoms with van der Waals surface area (Å²) < 4.78 is 0. The lowest BCUT2D eigenvalue weighted by Gasteiger charge is -2.40. The van der Waals surface area contributed by atoms with Gasteiger partial charge in [-0.2, -0.15) is 5.26 Å². The highest BCUT2D eigenvalue weighted by Crippen LogP contribution is 2.24. The van der Waals surface area contributed by atoms with Gasteiger partial charge >= 0.3 is 6.09 Å². The Morgan fingerprint density at radius 1 is 1.43 bits per heavy atom. The number of hydrogen-bond acceptors (Lipinski definition) is 4. The summed E-state index contributed by atoms with van der Waals surface area (Å²) in [5.74, 6) is 0.847. The topological polar surface area (TPSA) is 80.5 Å². The van der Waals surface area contributed by atoms with Crippen LogP contribution in [0.15, 0.2) is 18.3 Å². The van der Waals surface area contributed by atoms with E-state index in [1.165, 1.54) is 0 Å². The van der Waals surface area contributed by atoms with E-state index in [4.69, 9.17) is 5.26 Å². The molecule has 1 aromatic heterocycles. The van der Waals surface area contributed by atoms with Crippen molar-refractivity contribution in [3.8, 4) is 6.07 Å². The van der Waals surface area contributed by atoms with Crippen molar-refractivity contribution >= 4 is 11.9 Å². The van der Waals surface area contributed by atoms with Crippen molar-refractivity contribution in [3.05, 3.63) is 23.9 Å². The lowest BCUT2D eigenvalue weighted by molar-refractivity contribution is 0.0934. The monoisotopic (exact) mass is 316 g/mol. The van der Waals surface area contributed by atoms with Gasteiger partial charge in [0.15, 0.2) is 0 Å². The maximum Gasteiger partial charge on any atom is 0.407 e. The van der Waals surface area contributed by atoms with E-state index in [1.807, 2.05) is 6.07 Å². The smallest absolute Gasteiger partial charge is 0.407 e. The first-order valence-corrected chi connectivity index (χ1v) is 7.91. The van der Waals surface area contributed by atoms with Crippen molar-refractivity contribution in [3.63, 3.8) is 0 Å². The molecule has 23 heavy (non-hydrogen) atoms. The summed E-state index contributed by atoms with van der Waals surface area (Å²) in [6, 6.07) is 5.73. The molecule has 2 rings (SSSR count). The molecule has 0 bridgehead atoms. The summed E-state index contributed by atoms with van der Waals surface area (Å²) in [5.41, 5.74) is 0.496. The van der Waals surface area contributed by atoms with Crippen LogP contribution in [-0.4, -0.2) is 46.8 Å². The molecular formula is C17H24N4O2. The molecule has 0 aromatic carbocycles. The summed E-state index contributed by atoms with van der Waals surface area (Å²) >= 11 is 0. The quantitative estimate of drug-likeness (QED) is 0.927. The van der Waals surface area contributed by atoms with Crippen molar-refractivity contribution in [2.24, 2.45) is 5.41 Å². The molecule has 2 heterocycles. The molecule has 0 radical (unpaired) electrons. The Morgan fingerprint density at radius 2 is 2.09 bits per heavy atom. The van der Waals surface area contributed by atoms with Gasteiger partial charge in [-0.15, -0.1) is 0 Å². The Bertz CT molecular complexity index is 578. The van der Waals surface area contributed by atoms with Crippen LogP contribution in [0.3, 0.4) is 0 Å². The van der Waals surface area contributed by atoms with Crippen LogP contribution in [0.5, 0.6) is 0 Å². The second-order valence-corrected chi connectivity index (χ2v) is 7.21. The van der Waals surface area contributed by atoms with Crippen molar-refractivity contribution in [2.75, 3.05) is 24.5 Å². The van der Waals surface area contributed by atoms with Crippen LogP contribution in [0.25, 0.3) is 0 Å². The van der Waals surface area contributed by atoms with Crippen molar-refractivity contribution in [1.29, 1.82) is 5.26 Å². The SMILES string of the molecule is CC(C)(C)CN(C(=O)O)C1CCN(c2ccc(C#N)cn2)CC1. The number of nitriles is 1. The third-order valence-electron chi connectivity index (χ3n) is 4.00. The first-order valence-electron chi connectivity index (χ1n) is 7.91. The number of carboxylic acid groups (broad SMARTS) is 1. The molecule has 1 fully saturated rings. The van der Waals surface area contributed by atoms with Crippen LogP contribution in [0.1, 0.15) is 39.2 Å². The number of hydrogen-bond donors (Lipinski definition) is 1. The predicted molar refractivity (Wildman–Crippen MR) is 88.4 cm³/mol. The number of aromatic nitrogens is 1. The Balaban J connectivity index is 1.98. The highest BCUT2D eigenvalue weighted by Gasteiger charge is 2.30. The zero-order valence-corrected chi connectivity index (χ0v) is 14.0. The summed E-state index contributed by atoms with van der Waals surface area (Å²) in [6.45, 7) is 8.26. The van der Waals surface area contributed by atoms with Gasteiger partial charge in [0.05, 0.1) is 5.56 Å². The molecule has 6 nitrogen and oxygen atoms in total. The van der Waals surface area contributed by atoms with E-state index < -0.39 is 6.09 Å². The van der Waals surface area contributed by atoms with Crippen molar-refractivity contribution in [1.82, 2.24) is 9.88 Å². The van der Waals surface area contributed by atoms with Crippen LogP contribution in [0, 0.1) is 16.7 Å². The summed E-state index contributed by atoms with van der Waals surface area (Å²) in [7, 11) is 0. The second kappa shape index (κ2) is 6.86. The van der Waals surface area contributed by atoms with Crippen molar-refractivity contribution in [2.45, 2.75) is 39.7 Å². The predicted octanol–water partition coefficient (Wildman–Crippen LogP) is 2.95. The van der Waals surface area contributed by atoms with Gasteiger partial charge in [0, 0.05) is 31.9 Å². The molecule has 0 spiro atoms. The summed E-state index contributed by atoms with van der Waals surface area (Å²) in [4.78, 5) is 19.6. The van der Waals surface area contributed by atoms with Crippen LogP contribution in [0.2, 0.25) is 0 Å². The molecule has 1 amide bonds. The van der Waals surface area contributed by atoms with Gasteiger partial charge in [0.1, 0.15) is 11.9 Å². The zero-order chi connectivity index (χ0) is 17.0. The average molecular weight is 316 g/mol. The van der Waals surface area contributed by atoms with Gasteiger partial charge in [-0.1, -0.05) is 20.8 Å². The normalized spacial score (nSPS) is 16.0. The molecule has 0 unspecified atom stereocenters. The molecule has 124 valence electrons. The molecule has 0 saturated carbocycles. The summed E-state index contributed by atoms with van der Waals surface area (Å²) in [6.07, 6.45) is 2.33. The number of nitrogens with zero attached hydrogens (tertiary/aromatic N) is 4. The summed E-state index contributed by atoms with van der Waals surface area (Å²) in [5, 5.41) is 18.3. The van der Waals surface area contributed by atoms with Crippen molar-refractivity contribution < 1.29 is 9.90 Å². The first-order chi connectivity index (χ1) is 10.8. The lowest BCUT2D eigenvalue weighted by Crippen LogP contribution is -2.49. The largest absolute Gasteiger partial charge is 0.465 e. The van der Waals surface area contributed by atoms with E-state index in [0.29, 0.717) is 12.1 Å². The van der Waals surface area contributed by atoms with Crippen LogP contribution < -0.4 is 4.90 Å². The van der Waals surface area contributed by atoms with Gasteiger partial charge in [0.2, 0.25) is 0 Å². The van der Waals surface area contributed by atoms with Crippen LogP contribution in [-0.2, 0) is 0 Å². The molecule has 1 aliphatic rings. The highest BCUT2D eigenvalue weighted by atomic mass is 16.4. The maximum absolute atomic E-state index is 11.6. The Hall–Kier alpha value is -2.29. The Labute approximate surface area is 137 Å². The molecule has 1 aliphatic heterocycles. The minimum Gasteiger partial charge on any atom is -0.465 e. The molecule has 6 heteroatoms. The first kappa shape index (κ1) is 17.1. The number of rotatable bonds is 3. The number of anilines is 1. The van der Waals surface area contributed by atoms with E-state index in [0.717, 1.165) is 31.7 Å². The number of carbonyl (C=O) groups is 1. The third kappa shape index (κ3) is 4.59. The molecule has 1 saturated heterocycles. The molecule has 0 aliphatic carbocycles. The van der Waals surface area contributed by atoms with Gasteiger partial charge < -0.3 is 14.9 Å². The van der Waals surface area contributed by atoms with Gasteiger partial charge in [0.25, 0.3) is 0 Å². The number of amides is 1.